The molecule has 168 valence electrons. The van der Waals surface area contributed by atoms with Gasteiger partial charge < -0.3 is 4.98 Å². The molecule has 0 fully saturated rings. The van der Waals surface area contributed by atoms with Crippen LogP contribution in [-0.2, 0) is 12.8 Å². The van der Waals surface area contributed by atoms with Gasteiger partial charge in [-0.25, -0.2) is 9.67 Å². The summed E-state index contributed by atoms with van der Waals surface area (Å²) in [4.78, 5) is 21.0. The molecular weight excluding hydrogens is 452 g/mol. The first kappa shape index (κ1) is 23.7. The first-order valence-electron chi connectivity index (χ1n) is 11.8. The van der Waals surface area contributed by atoms with Crippen LogP contribution in [0.15, 0.2) is 33.5 Å². The maximum atomic E-state index is 13.1. The fraction of sp³-hybridized carbons (Fsp3) is 0.560. The molecule has 0 bridgehead atoms. The highest BCUT2D eigenvalue weighted by molar-refractivity contribution is 9.10. The fourth-order valence-corrected chi connectivity index (χ4v) is 4.50. The van der Waals surface area contributed by atoms with Gasteiger partial charge in [-0.15, -0.1) is 0 Å². The number of aromatic amines is 1. The minimum atomic E-state index is -0.0620. The number of H-pyrrole nitrogens is 1. The second kappa shape index (κ2) is 11.6. The Morgan fingerprint density at radius 2 is 1.77 bits per heavy atom. The second-order valence-corrected chi connectivity index (χ2v) is 9.36. The van der Waals surface area contributed by atoms with E-state index in [1.165, 1.54) is 25.7 Å². The lowest BCUT2D eigenvalue weighted by Crippen LogP contribution is -2.16. The van der Waals surface area contributed by atoms with Gasteiger partial charge in [-0.2, -0.15) is 5.10 Å². The first-order valence-corrected chi connectivity index (χ1v) is 12.6. The number of benzene rings is 1. The number of aryl methyl sites for hydroxylation is 1. The number of fused-ring (bicyclic) bond motifs is 1. The summed E-state index contributed by atoms with van der Waals surface area (Å²) >= 11 is 3.48. The van der Waals surface area contributed by atoms with Gasteiger partial charge in [0, 0.05) is 10.9 Å². The molecule has 1 atom stereocenters. The zero-order valence-corrected chi connectivity index (χ0v) is 20.7. The van der Waals surface area contributed by atoms with Gasteiger partial charge in [-0.1, -0.05) is 87.4 Å². The summed E-state index contributed by atoms with van der Waals surface area (Å²) in [6.45, 7) is 6.59. The van der Waals surface area contributed by atoms with Crippen molar-refractivity contribution < 1.29 is 0 Å². The van der Waals surface area contributed by atoms with Crippen molar-refractivity contribution >= 4 is 27.0 Å². The van der Waals surface area contributed by atoms with Crippen molar-refractivity contribution in [3.63, 3.8) is 0 Å². The zero-order chi connectivity index (χ0) is 22.2. The van der Waals surface area contributed by atoms with Gasteiger partial charge in [0.2, 0.25) is 0 Å². The molecule has 0 aliphatic rings. The number of nitrogens with zero attached hydrogens (tertiary/aromatic N) is 3. The Kier molecular flexibility index (Phi) is 8.88. The molecule has 31 heavy (non-hydrogen) atoms. The predicted octanol–water partition coefficient (Wildman–Crippen LogP) is 6.74. The number of halogens is 1. The molecule has 0 aliphatic carbocycles. The van der Waals surface area contributed by atoms with Crippen LogP contribution in [0.1, 0.15) is 95.3 Å². The molecule has 3 aromatic rings. The molecule has 1 N–H and O–H groups in total. The molecule has 0 saturated heterocycles. The summed E-state index contributed by atoms with van der Waals surface area (Å²) in [5, 5.41) is 5.62. The molecule has 2 heterocycles. The lowest BCUT2D eigenvalue weighted by Gasteiger charge is -2.17. The Labute approximate surface area is 193 Å². The standard InChI is InChI=1S/C25H35BrN4O/c1-4-7-8-9-12-20(10-5-2)30-24-23(21(29-30)11-6-3)25(31)28-22(27-24)17-18-13-15-19(26)16-14-18/h13-16,20H,4-12,17H2,1-3H3,(H,27,28,31). The smallest absolute Gasteiger partial charge is 0.262 e. The first-order chi connectivity index (χ1) is 15.1. The Balaban J connectivity index is 2.00. The van der Waals surface area contributed by atoms with Crippen molar-refractivity contribution in [1.82, 2.24) is 19.7 Å². The molecule has 0 amide bonds. The van der Waals surface area contributed by atoms with Gasteiger partial charge in [0.15, 0.2) is 5.65 Å². The Bertz CT molecular complexity index is 1020. The summed E-state index contributed by atoms with van der Waals surface area (Å²) in [7, 11) is 0. The molecule has 3 rings (SSSR count). The molecular formula is C25H35BrN4O. The van der Waals surface area contributed by atoms with Crippen LogP contribution in [0.4, 0.5) is 0 Å². The third-order valence-electron chi connectivity index (χ3n) is 5.81. The van der Waals surface area contributed by atoms with E-state index in [1.807, 2.05) is 12.1 Å². The minimum absolute atomic E-state index is 0.0620. The van der Waals surface area contributed by atoms with Crippen molar-refractivity contribution in [2.45, 2.75) is 91.0 Å². The normalized spacial score (nSPS) is 12.5. The summed E-state index contributed by atoms with van der Waals surface area (Å²) < 4.78 is 3.12. The van der Waals surface area contributed by atoms with E-state index >= 15 is 0 Å². The summed E-state index contributed by atoms with van der Waals surface area (Å²) in [6.07, 6.45) is 10.6. The van der Waals surface area contributed by atoms with Crippen LogP contribution in [0.5, 0.6) is 0 Å². The summed E-state index contributed by atoms with van der Waals surface area (Å²) in [6, 6.07) is 8.44. The molecule has 0 aliphatic heterocycles. The predicted molar refractivity (Wildman–Crippen MR) is 132 cm³/mol. The van der Waals surface area contributed by atoms with Crippen molar-refractivity contribution in [2.24, 2.45) is 0 Å². The van der Waals surface area contributed by atoms with E-state index in [0.29, 0.717) is 23.7 Å². The topological polar surface area (TPSA) is 63.6 Å². The van der Waals surface area contributed by atoms with E-state index < -0.39 is 0 Å². The maximum absolute atomic E-state index is 13.1. The average Bonchev–Trinajstić information content (AvgIpc) is 3.11. The molecule has 5 nitrogen and oxygen atoms in total. The molecule has 1 aromatic carbocycles. The lowest BCUT2D eigenvalue weighted by molar-refractivity contribution is 0.384. The van der Waals surface area contributed by atoms with E-state index in [0.717, 1.165) is 53.5 Å². The highest BCUT2D eigenvalue weighted by Crippen LogP contribution is 2.26. The van der Waals surface area contributed by atoms with E-state index in [9.17, 15) is 4.79 Å². The van der Waals surface area contributed by atoms with Gasteiger partial charge in [-0.3, -0.25) is 4.79 Å². The number of nitrogens with one attached hydrogen (secondary N) is 1. The van der Waals surface area contributed by atoms with Crippen LogP contribution in [0.2, 0.25) is 0 Å². The van der Waals surface area contributed by atoms with Gasteiger partial charge in [0.05, 0.1) is 11.7 Å². The van der Waals surface area contributed by atoms with Crippen molar-refractivity contribution in [2.75, 3.05) is 0 Å². The van der Waals surface area contributed by atoms with E-state index in [-0.39, 0.29) is 5.56 Å². The highest BCUT2D eigenvalue weighted by atomic mass is 79.9. The average molecular weight is 487 g/mol. The highest BCUT2D eigenvalue weighted by Gasteiger charge is 2.21. The van der Waals surface area contributed by atoms with Crippen LogP contribution in [0.3, 0.4) is 0 Å². The van der Waals surface area contributed by atoms with Gasteiger partial charge in [0.1, 0.15) is 11.2 Å². The van der Waals surface area contributed by atoms with Crippen molar-refractivity contribution in [3.05, 3.63) is 56.2 Å². The minimum Gasteiger partial charge on any atom is -0.310 e. The third-order valence-corrected chi connectivity index (χ3v) is 6.34. The number of rotatable bonds is 12. The number of hydrogen-bond acceptors (Lipinski definition) is 3. The van der Waals surface area contributed by atoms with Crippen molar-refractivity contribution in [3.8, 4) is 0 Å². The molecule has 6 heteroatoms. The number of hydrogen-bond donors (Lipinski definition) is 1. The van der Waals surface area contributed by atoms with Gasteiger partial charge >= 0.3 is 0 Å². The van der Waals surface area contributed by atoms with E-state index in [2.05, 4.69) is 58.5 Å². The Hall–Kier alpha value is -1.95. The maximum Gasteiger partial charge on any atom is 0.262 e. The molecule has 0 saturated carbocycles. The van der Waals surface area contributed by atoms with Crippen LogP contribution < -0.4 is 5.56 Å². The van der Waals surface area contributed by atoms with Gasteiger partial charge in [0.25, 0.3) is 5.56 Å². The lowest BCUT2D eigenvalue weighted by atomic mass is 10.0. The molecule has 0 radical (unpaired) electrons. The Morgan fingerprint density at radius 3 is 2.45 bits per heavy atom. The fourth-order valence-electron chi connectivity index (χ4n) is 4.23. The molecule has 0 spiro atoms. The number of aromatic nitrogens is 4. The summed E-state index contributed by atoms with van der Waals surface area (Å²) in [5.41, 5.74) is 2.70. The van der Waals surface area contributed by atoms with Crippen LogP contribution in [0, 0.1) is 0 Å². The quantitative estimate of drug-likeness (QED) is 0.288. The van der Waals surface area contributed by atoms with Crippen LogP contribution in [0.25, 0.3) is 11.0 Å². The van der Waals surface area contributed by atoms with Crippen molar-refractivity contribution in [1.29, 1.82) is 0 Å². The van der Waals surface area contributed by atoms with Crippen LogP contribution >= 0.6 is 15.9 Å². The van der Waals surface area contributed by atoms with E-state index in [4.69, 9.17) is 10.1 Å². The van der Waals surface area contributed by atoms with Gasteiger partial charge in [-0.05, 0) is 37.0 Å². The van der Waals surface area contributed by atoms with E-state index in [1.54, 1.807) is 0 Å². The third kappa shape index (κ3) is 6.06. The van der Waals surface area contributed by atoms with Crippen LogP contribution in [-0.4, -0.2) is 19.7 Å². The monoisotopic (exact) mass is 486 g/mol. The SMILES string of the molecule is CCCCCCC(CCC)n1nc(CCC)c2c(=O)[nH]c(Cc3ccc(Br)cc3)nc21. The number of unbranched alkanes of at least 4 members (excludes halogenated alkanes) is 3. The second-order valence-electron chi connectivity index (χ2n) is 8.45. The Morgan fingerprint density at radius 1 is 1.00 bits per heavy atom. The zero-order valence-electron chi connectivity index (χ0n) is 19.1. The molecule has 1 unspecified atom stereocenters. The molecule has 2 aromatic heterocycles. The summed E-state index contributed by atoms with van der Waals surface area (Å²) in [5.74, 6) is 0.699. The largest absolute Gasteiger partial charge is 0.310 e.